The van der Waals surface area contributed by atoms with Gasteiger partial charge in [-0.2, -0.15) is 8.78 Å². The van der Waals surface area contributed by atoms with Gasteiger partial charge in [0.15, 0.2) is 0 Å². The molecule has 0 atom stereocenters. The van der Waals surface area contributed by atoms with Crippen LogP contribution in [0.3, 0.4) is 0 Å². The Morgan fingerprint density at radius 2 is 1.93 bits per heavy atom. The highest BCUT2D eigenvalue weighted by Gasteiger charge is 2.51. The summed E-state index contributed by atoms with van der Waals surface area (Å²) in [5.41, 5.74) is 0. The summed E-state index contributed by atoms with van der Waals surface area (Å²) < 4.78 is 49.2. The molecule has 0 fully saturated rings. The van der Waals surface area contributed by atoms with Crippen LogP contribution in [0.25, 0.3) is 0 Å². The molecule has 0 saturated heterocycles. The first-order valence-corrected chi connectivity index (χ1v) is 4.33. The highest BCUT2D eigenvalue weighted by atomic mass is 19.3. The van der Waals surface area contributed by atoms with E-state index in [9.17, 15) is 22.4 Å². The number of alkyl halides is 4. The van der Waals surface area contributed by atoms with Crippen molar-refractivity contribution in [2.45, 2.75) is 32.2 Å². The summed E-state index contributed by atoms with van der Waals surface area (Å²) in [5, 5.41) is 0. The van der Waals surface area contributed by atoms with Gasteiger partial charge in [0.25, 0.3) is 5.91 Å². The molecule has 0 saturated carbocycles. The van der Waals surface area contributed by atoms with Gasteiger partial charge in [0.05, 0.1) is 0 Å². The van der Waals surface area contributed by atoms with Crippen LogP contribution in [-0.4, -0.2) is 35.7 Å². The van der Waals surface area contributed by atoms with Gasteiger partial charge in [-0.3, -0.25) is 4.79 Å². The Balaban J connectivity index is 4.85. The maximum Gasteiger partial charge on any atom is 0.383 e. The molecule has 88 valence electrons. The minimum absolute atomic E-state index is 0.182. The van der Waals surface area contributed by atoms with Gasteiger partial charge in [-0.1, -0.05) is 6.08 Å². The molecule has 0 heterocycles. The smallest absolute Gasteiger partial charge is 0.331 e. The lowest BCUT2D eigenvalue weighted by molar-refractivity contribution is -0.181. The van der Waals surface area contributed by atoms with Crippen LogP contribution in [0, 0.1) is 0 Å². The zero-order valence-corrected chi connectivity index (χ0v) is 8.51. The molecule has 0 rings (SSSR count). The summed E-state index contributed by atoms with van der Waals surface area (Å²) in [6.07, 6.45) is -2.78. The SMILES string of the molecule is C=CCN(C(=O)C(F)(F)C(F)F)C(C)C. The van der Waals surface area contributed by atoms with E-state index in [0.29, 0.717) is 4.90 Å². The fourth-order valence-electron chi connectivity index (χ4n) is 0.952. The van der Waals surface area contributed by atoms with E-state index in [0.717, 1.165) is 0 Å². The van der Waals surface area contributed by atoms with Gasteiger partial charge >= 0.3 is 12.3 Å². The molecule has 1 amide bonds. The van der Waals surface area contributed by atoms with Crippen LogP contribution in [0.2, 0.25) is 0 Å². The molecule has 0 N–H and O–H groups in total. The number of nitrogens with zero attached hydrogens (tertiary/aromatic N) is 1. The number of halogens is 4. The average molecular weight is 227 g/mol. The fraction of sp³-hybridized carbons (Fsp3) is 0.667. The Hall–Kier alpha value is -1.07. The first-order chi connectivity index (χ1) is 6.75. The summed E-state index contributed by atoms with van der Waals surface area (Å²) >= 11 is 0. The maximum atomic E-state index is 12.7. The molecule has 0 spiro atoms. The Morgan fingerprint density at radius 1 is 1.47 bits per heavy atom. The molecule has 0 aliphatic rings. The molecule has 0 aromatic carbocycles. The van der Waals surface area contributed by atoms with Gasteiger partial charge in [0.1, 0.15) is 0 Å². The van der Waals surface area contributed by atoms with Crippen molar-refractivity contribution in [1.82, 2.24) is 4.90 Å². The predicted molar refractivity (Wildman–Crippen MR) is 48.0 cm³/mol. The fourth-order valence-corrected chi connectivity index (χ4v) is 0.952. The van der Waals surface area contributed by atoms with Crippen LogP contribution in [0.4, 0.5) is 17.6 Å². The average Bonchev–Trinajstić information content (AvgIpc) is 2.12. The first-order valence-electron chi connectivity index (χ1n) is 4.33. The highest BCUT2D eigenvalue weighted by Crippen LogP contribution is 2.26. The molecule has 15 heavy (non-hydrogen) atoms. The van der Waals surface area contributed by atoms with Crippen LogP contribution in [0.1, 0.15) is 13.8 Å². The van der Waals surface area contributed by atoms with E-state index in [-0.39, 0.29) is 6.54 Å². The predicted octanol–water partition coefficient (Wildman–Crippen LogP) is 2.31. The van der Waals surface area contributed by atoms with Crippen LogP contribution in [-0.2, 0) is 4.79 Å². The Kier molecular flexibility index (Phi) is 4.77. The molecule has 0 aromatic rings. The number of hydrogen-bond acceptors (Lipinski definition) is 1. The van der Waals surface area contributed by atoms with Gasteiger partial charge < -0.3 is 4.90 Å². The van der Waals surface area contributed by atoms with E-state index in [2.05, 4.69) is 6.58 Å². The van der Waals surface area contributed by atoms with E-state index in [1.807, 2.05) is 0 Å². The Morgan fingerprint density at radius 3 is 2.20 bits per heavy atom. The van der Waals surface area contributed by atoms with Gasteiger partial charge in [-0.25, -0.2) is 8.78 Å². The number of rotatable bonds is 5. The van der Waals surface area contributed by atoms with Gasteiger partial charge in [-0.15, -0.1) is 6.58 Å². The molecule has 6 heteroatoms. The van der Waals surface area contributed by atoms with E-state index >= 15 is 0 Å². The van der Waals surface area contributed by atoms with E-state index in [4.69, 9.17) is 0 Å². The van der Waals surface area contributed by atoms with Crippen molar-refractivity contribution in [3.05, 3.63) is 12.7 Å². The van der Waals surface area contributed by atoms with E-state index < -0.39 is 24.3 Å². The molecule has 0 radical (unpaired) electrons. The molecule has 0 aliphatic carbocycles. The molecule has 2 nitrogen and oxygen atoms in total. The second-order valence-electron chi connectivity index (χ2n) is 3.26. The quantitative estimate of drug-likeness (QED) is 0.521. The first kappa shape index (κ1) is 13.9. The maximum absolute atomic E-state index is 12.7. The monoisotopic (exact) mass is 227 g/mol. The topological polar surface area (TPSA) is 20.3 Å². The molecular weight excluding hydrogens is 214 g/mol. The summed E-state index contributed by atoms with van der Waals surface area (Å²) in [6, 6.07) is -0.583. The van der Waals surface area contributed by atoms with Crippen molar-refractivity contribution in [1.29, 1.82) is 0 Å². The van der Waals surface area contributed by atoms with Gasteiger partial charge in [0.2, 0.25) is 0 Å². The standard InChI is InChI=1S/C9H13F4NO/c1-4-5-14(6(2)3)8(15)9(12,13)7(10)11/h4,6-7H,1,5H2,2-3H3. The second kappa shape index (κ2) is 5.14. The summed E-state index contributed by atoms with van der Waals surface area (Å²) in [4.78, 5) is 11.7. The van der Waals surface area contributed by atoms with Crippen LogP contribution >= 0.6 is 0 Å². The van der Waals surface area contributed by atoms with Crippen molar-refractivity contribution in [2.75, 3.05) is 6.54 Å². The zero-order chi connectivity index (χ0) is 12.2. The van der Waals surface area contributed by atoms with Gasteiger partial charge in [0, 0.05) is 12.6 Å². The van der Waals surface area contributed by atoms with Gasteiger partial charge in [-0.05, 0) is 13.8 Å². The molecule has 0 aliphatic heterocycles. The van der Waals surface area contributed by atoms with Crippen molar-refractivity contribution < 1.29 is 22.4 Å². The lowest BCUT2D eigenvalue weighted by atomic mass is 10.2. The van der Waals surface area contributed by atoms with Crippen LogP contribution in [0.15, 0.2) is 12.7 Å². The van der Waals surface area contributed by atoms with Crippen molar-refractivity contribution >= 4 is 5.91 Å². The minimum atomic E-state index is -4.63. The van der Waals surface area contributed by atoms with Crippen molar-refractivity contribution in [3.8, 4) is 0 Å². The number of amides is 1. The molecule has 0 aromatic heterocycles. The third-order valence-electron chi connectivity index (χ3n) is 1.77. The number of carbonyl (C=O) groups excluding carboxylic acids is 1. The lowest BCUT2D eigenvalue weighted by Gasteiger charge is -2.28. The largest absolute Gasteiger partial charge is 0.383 e. The lowest BCUT2D eigenvalue weighted by Crippen LogP contribution is -2.50. The normalized spacial score (nSPS) is 12.0. The molecular formula is C9H13F4NO. The van der Waals surface area contributed by atoms with E-state index in [1.165, 1.54) is 19.9 Å². The third kappa shape index (κ3) is 3.21. The zero-order valence-electron chi connectivity index (χ0n) is 8.51. The minimum Gasteiger partial charge on any atom is -0.331 e. The van der Waals surface area contributed by atoms with Crippen LogP contribution < -0.4 is 0 Å². The summed E-state index contributed by atoms with van der Waals surface area (Å²) in [6.45, 7) is 6.01. The van der Waals surface area contributed by atoms with Crippen LogP contribution in [0.5, 0.6) is 0 Å². The summed E-state index contributed by atoms with van der Waals surface area (Å²) in [7, 11) is 0. The Labute approximate surface area is 85.6 Å². The Bertz CT molecular complexity index is 240. The van der Waals surface area contributed by atoms with Crippen molar-refractivity contribution in [3.63, 3.8) is 0 Å². The van der Waals surface area contributed by atoms with Crippen molar-refractivity contribution in [2.24, 2.45) is 0 Å². The number of hydrogen-bond donors (Lipinski definition) is 0. The second-order valence-corrected chi connectivity index (χ2v) is 3.26. The molecule has 0 unspecified atom stereocenters. The highest BCUT2D eigenvalue weighted by molar-refractivity contribution is 5.84. The number of carbonyl (C=O) groups is 1. The third-order valence-corrected chi connectivity index (χ3v) is 1.77. The summed E-state index contributed by atoms with van der Waals surface area (Å²) in [5.74, 6) is -6.50. The van der Waals surface area contributed by atoms with E-state index in [1.54, 1.807) is 0 Å². The molecule has 0 bridgehead atoms.